The molecule has 0 spiro atoms. The largest absolute Gasteiger partial charge is 0.346 e. The molecular weight excluding hydrogens is 398 g/mol. The highest BCUT2D eigenvalue weighted by Gasteiger charge is 2.36. The van der Waals surface area contributed by atoms with Crippen molar-refractivity contribution >= 4 is 38.9 Å². The van der Waals surface area contributed by atoms with Gasteiger partial charge in [-0.05, 0) is 49.3 Å². The molecule has 1 aromatic carbocycles. The van der Waals surface area contributed by atoms with Crippen LogP contribution in [0.2, 0.25) is 0 Å². The highest BCUT2D eigenvalue weighted by Crippen LogP contribution is 2.28. The van der Waals surface area contributed by atoms with Crippen LogP contribution >= 0.6 is 11.3 Å². The summed E-state index contributed by atoms with van der Waals surface area (Å²) in [7, 11) is -3.57. The number of nitrogens with one attached hydrogen (secondary N) is 2. The molecule has 3 rings (SSSR count). The Bertz CT molecular complexity index is 951. The lowest BCUT2D eigenvalue weighted by Gasteiger charge is -2.23. The van der Waals surface area contributed by atoms with Crippen LogP contribution < -0.4 is 10.6 Å². The molecule has 28 heavy (non-hydrogen) atoms. The predicted octanol–water partition coefficient (Wildman–Crippen LogP) is 2.27. The lowest BCUT2D eigenvalue weighted by atomic mass is 10.1. The van der Waals surface area contributed by atoms with E-state index in [1.54, 1.807) is 17.5 Å². The predicted molar refractivity (Wildman–Crippen MR) is 109 cm³/mol. The van der Waals surface area contributed by atoms with Crippen LogP contribution in [0.4, 0.5) is 5.69 Å². The van der Waals surface area contributed by atoms with Crippen LogP contribution in [0.5, 0.6) is 0 Å². The molecule has 2 heterocycles. The summed E-state index contributed by atoms with van der Waals surface area (Å²) >= 11 is 1.17. The maximum absolute atomic E-state index is 12.7. The average molecular weight is 422 g/mol. The van der Waals surface area contributed by atoms with E-state index in [1.165, 1.54) is 15.6 Å². The zero-order valence-corrected chi connectivity index (χ0v) is 17.4. The second-order valence-electron chi connectivity index (χ2n) is 6.77. The third kappa shape index (κ3) is 4.26. The van der Waals surface area contributed by atoms with Gasteiger partial charge in [-0.25, -0.2) is 8.42 Å². The molecule has 0 saturated carbocycles. The number of hydrogen-bond acceptors (Lipinski definition) is 5. The number of nitrogens with zero attached hydrogens (tertiary/aromatic N) is 1. The fraction of sp³-hybridized carbons (Fsp3) is 0.368. The van der Waals surface area contributed by atoms with E-state index in [9.17, 15) is 18.0 Å². The van der Waals surface area contributed by atoms with Gasteiger partial charge in [0.15, 0.2) is 0 Å². The van der Waals surface area contributed by atoms with Crippen molar-refractivity contribution in [2.75, 3.05) is 18.4 Å². The number of rotatable bonds is 5. The standard InChI is InChI=1S/C19H23N3O4S2/c1-13-6-3-7-14(2)17(13)21-19(24)18(23)20-12-15-8-4-10-22(15)28(25,26)16-9-5-11-27-16/h3,5-7,9,11,15H,4,8,10,12H2,1-2H3,(H,20,23)(H,21,24)/t15-/m1/s1. The minimum Gasteiger partial charge on any atom is -0.346 e. The molecule has 2 N–H and O–H groups in total. The summed E-state index contributed by atoms with van der Waals surface area (Å²) < 4.78 is 27.2. The molecule has 7 nitrogen and oxygen atoms in total. The number of anilines is 1. The van der Waals surface area contributed by atoms with Crippen molar-refractivity contribution in [3.8, 4) is 0 Å². The molecule has 9 heteroatoms. The molecule has 2 amide bonds. The first kappa shape index (κ1) is 20.5. The van der Waals surface area contributed by atoms with Gasteiger partial charge in [0.05, 0.1) is 0 Å². The van der Waals surface area contributed by atoms with E-state index in [0.29, 0.717) is 22.9 Å². The molecule has 150 valence electrons. The average Bonchev–Trinajstić information content (AvgIpc) is 3.34. The van der Waals surface area contributed by atoms with Crippen LogP contribution in [-0.2, 0) is 19.6 Å². The van der Waals surface area contributed by atoms with Gasteiger partial charge in [0.1, 0.15) is 4.21 Å². The number of thiophene rings is 1. The van der Waals surface area contributed by atoms with Crippen LogP contribution in [0.25, 0.3) is 0 Å². The van der Waals surface area contributed by atoms with Crippen LogP contribution in [0, 0.1) is 13.8 Å². The van der Waals surface area contributed by atoms with Gasteiger partial charge in [0.2, 0.25) is 0 Å². The molecule has 1 aliphatic rings. The van der Waals surface area contributed by atoms with Crippen LogP contribution in [0.3, 0.4) is 0 Å². The highest BCUT2D eigenvalue weighted by atomic mass is 32.2. The van der Waals surface area contributed by atoms with Crippen LogP contribution in [0.15, 0.2) is 39.9 Å². The Morgan fingerprint density at radius 3 is 2.50 bits per heavy atom. The maximum Gasteiger partial charge on any atom is 0.313 e. The van der Waals surface area contributed by atoms with Crippen molar-refractivity contribution in [3.63, 3.8) is 0 Å². The number of para-hydroxylation sites is 1. The van der Waals surface area contributed by atoms with E-state index in [2.05, 4.69) is 10.6 Å². The molecular formula is C19H23N3O4S2. The van der Waals surface area contributed by atoms with Crippen molar-refractivity contribution in [1.29, 1.82) is 0 Å². The number of sulfonamides is 1. The quantitative estimate of drug-likeness (QED) is 0.724. The van der Waals surface area contributed by atoms with Crippen LogP contribution in [-0.4, -0.2) is 43.7 Å². The zero-order chi connectivity index (χ0) is 20.3. The van der Waals surface area contributed by atoms with Gasteiger partial charge >= 0.3 is 11.8 Å². The van der Waals surface area contributed by atoms with Gasteiger partial charge in [-0.1, -0.05) is 24.3 Å². The van der Waals surface area contributed by atoms with Crippen molar-refractivity contribution < 1.29 is 18.0 Å². The molecule has 1 aliphatic heterocycles. The monoisotopic (exact) mass is 421 g/mol. The van der Waals surface area contributed by atoms with Crippen molar-refractivity contribution in [3.05, 3.63) is 46.8 Å². The van der Waals surface area contributed by atoms with E-state index < -0.39 is 21.8 Å². The Balaban J connectivity index is 1.61. The zero-order valence-electron chi connectivity index (χ0n) is 15.8. The Labute approximate surface area is 168 Å². The van der Waals surface area contributed by atoms with Gasteiger partial charge in [-0.15, -0.1) is 11.3 Å². The number of benzene rings is 1. The third-order valence-electron chi connectivity index (χ3n) is 4.81. The first-order chi connectivity index (χ1) is 13.3. The van der Waals surface area contributed by atoms with Crippen molar-refractivity contribution in [2.45, 2.75) is 36.9 Å². The third-order valence-corrected chi connectivity index (χ3v) is 8.13. The summed E-state index contributed by atoms with van der Waals surface area (Å²) in [6.45, 7) is 4.22. The second-order valence-corrected chi connectivity index (χ2v) is 9.84. The topological polar surface area (TPSA) is 95.6 Å². The minimum atomic E-state index is -3.57. The smallest absolute Gasteiger partial charge is 0.313 e. The Hall–Kier alpha value is -2.23. The number of carbonyl (C=O) groups is 2. The molecule has 2 aromatic rings. The molecule has 1 saturated heterocycles. The summed E-state index contributed by atoms with van der Waals surface area (Å²) in [6.07, 6.45) is 1.36. The van der Waals surface area contributed by atoms with Gasteiger partial charge in [-0.3, -0.25) is 9.59 Å². The SMILES string of the molecule is Cc1cccc(C)c1NC(=O)C(=O)NC[C@H]1CCCN1S(=O)(=O)c1cccs1. The molecule has 1 atom stereocenters. The highest BCUT2D eigenvalue weighted by molar-refractivity contribution is 7.91. The van der Waals surface area contributed by atoms with Crippen molar-refractivity contribution in [2.24, 2.45) is 0 Å². The lowest BCUT2D eigenvalue weighted by Crippen LogP contribution is -2.45. The minimum absolute atomic E-state index is 0.101. The summed E-state index contributed by atoms with van der Waals surface area (Å²) in [5.41, 5.74) is 2.35. The number of amides is 2. The van der Waals surface area contributed by atoms with E-state index >= 15 is 0 Å². The Morgan fingerprint density at radius 1 is 1.14 bits per heavy atom. The van der Waals surface area contributed by atoms with E-state index in [1.807, 2.05) is 32.0 Å². The second kappa shape index (κ2) is 8.42. The fourth-order valence-electron chi connectivity index (χ4n) is 3.33. The Morgan fingerprint density at radius 2 is 1.86 bits per heavy atom. The molecule has 1 fully saturated rings. The summed E-state index contributed by atoms with van der Waals surface area (Å²) in [4.78, 5) is 24.5. The molecule has 0 bridgehead atoms. The number of carbonyl (C=O) groups excluding carboxylic acids is 2. The summed E-state index contributed by atoms with van der Waals surface area (Å²) in [6, 6.07) is 8.50. The summed E-state index contributed by atoms with van der Waals surface area (Å²) in [5, 5.41) is 6.93. The fourth-order valence-corrected chi connectivity index (χ4v) is 6.14. The molecule has 0 aliphatic carbocycles. The molecule has 0 radical (unpaired) electrons. The lowest BCUT2D eigenvalue weighted by molar-refractivity contribution is -0.136. The number of hydrogen-bond donors (Lipinski definition) is 2. The van der Waals surface area contributed by atoms with Gasteiger partial charge in [-0.2, -0.15) is 4.31 Å². The normalized spacial score (nSPS) is 17.4. The van der Waals surface area contributed by atoms with E-state index in [4.69, 9.17) is 0 Å². The van der Waals surface area contributed by atoms with E-state index in [-0.39, 0.29) is 12.6 Å². The molecule has 0 unspecified atom stereocenters. The first-order valence-corrected chi connectivity index (χ1v) is 11.3. The number of aryl methyl sites for hydroxylation is 2. The van der Waals surface area contributed by atoms with Gasteiger partial charge < -0.3 is 10.6 Å². The summed E-state index contributed by atoms with van der Waals surface area (Å²) in [5.74, 6) is -1.54. The van der Waals surface area contributed by atoms with Gasteiger partial charge in [0.25, 0.3) is 10.0 Å². The van der Waals surface area contributed by atoms with Gasteiger partial charge in [0, 0.05) is 24.8 Å². The van der Waals surface area contributed by atoms with Crippen LogP contribution in [0.1, 0.15) is 24.0 Å². The maximum atomic E-state index is 12.7. The Kier molecular flexibility index (Phi) is 6.17. The first-order valence-electron chi connectivity index (χ1n) is 9.01. The molecule has 1 aromatic heterocycles. The van der Waals surface area contributed by atoms with Crippen molar-refractivity contribution in [1.82, 2.24) is 9.62 Å². The van der Waals surface area contributed by atoms with E-state index in [0.717, 1.165) is 17.5 Å².